The van der Waals surface area contributed by atoms with E-state index in [0.29, 0.717) is 12.3 Å². The van der Waals surface area contributed by atoms with Crippen LogP contribution < -0.4 is 10.0 Å². The van der Waals surface area contributed by atoms with E-state index < -0.39 is 20.6 Å². The van der Waals surface area contributed by atoms with Gasteiger partial charge < -0.3 is 10.1 Å². The van der Waals surface area contributed by atoms with Crippen molar-refractivity contribution in [1.29, 1.82) is 0 Å². The number of hydrogen-bond donors (Lipinski definition) is 2. The first-order valence-electron chi connectivity index (χ1n) is 6.51. The van der Waals surface area contributed by atoms with E-state index in [1.54, 1.807) is 7.05 Å². The van der Waals surface area contributed by atoms with Gasteiger partial charge in [0.05, 0.1) is 11.0 Å². The van der Waals surface area contributed by atoms with E-state index in [4.69, 9.17) is 4.74 Å². The number of ether oxygens (including phenoxy) is 1. The molecule has 0 aromatic heterocycles. The number of nitro benzene ring substituents is 1. The lowest BCUT2D eigenvalue weighted by Gasteiger charge is -2.12. The van der Waals surface area contributed by atoms with Crippen molar-refractivity contribution in [3.8, 4) is 0 Å². The molecule has 0 radical (unpaired) electrons. The van der Waals surface area contributed by atoms with Gasteiger partial charge in [-0.2, -0.15) is 0 Å². The Bertz CT molecular complexity index is 626. The lowest BCUT2D eigenvalue weighted by Crippen LogP contribution is -2.32. The summed E-state index contributed by atoms with van der Waals surface area (Å²) in [6.45, 7) is 0.727. The van der Waals surface area contributed by atoms with Gasteiger partial charge >= 0.3 is 0 Å². The van der Waals surface area contributed by atoms with Crippen molar-refractivity contribution in [2.24, 2.45) is 0 Å². The molecule has 1 fully saturated rings. The number of nitro groups is 1. The zero-order chi connectivity index (χ0) is 15.5. The molecule has 0 amide bonds. The molecule has 116 valence electrons. The van der Waals surface area contributed by atoms with Crippen LogP contribution in [0.1, 0.15) is 12.8 Å². The van der Waals surface area contributed by atoms with E-state index in [9.17, 15) is 18.5 Å². The van der Waals surface area contributed by atoms with Gasteiger partial charge in [0.25, 0.3) is 5.69 Å². The number of hydrogen-bond acceptors (Lipinski definition) is 6. The smallest absolute Gasteiger partial charge is 0.289 e. The summed E-state index contributed by atoms with van der Waals surface area (Å²) in [5.41, 5.74) is 0.0342. The maximum atomic E-state index is 12.3. The molecule has 1 aromatic carbocycles. The summed E-state index contributed by atoms with van der Waals surface area (Å²) in [6, 6.07) is 3.87. The summed E-state index contributed by atoms with van der Waals surface area (Å²) in [5, 5.41) is 13.8. The second kappa shape index (κ2) is 6.37. The number of rotatable bonds is 6. The maximum absolute atomic E-state index is 12.3. The standard InChI is InChI=1S/C12H17N3O5S/c1-13-9-4-5-11(15(16)17)12(7-9)21(18,19)14-8-10-3-2-6-20-10/h4-5,7,10,13-14H,2-3,6,8H2,1H3. The van der Waals surface area contributed by atoms with Gasteiger partial charge in [-0.15, -0.1) is 0 Å². The van der Waals surface area contributed by atoms with E-state index >= 15 is 0 Å². The molecule has 21 heavy (non-hydrogen) atoms. The van der Waals surface area contributed by atoms with E-state index in [1.807, 2.05) is 0 Å². The van der Waals surface area contributed by atoms with E-state index in [-0.39, 0.29) is 17.5 Å². The summed E-state index contributed by atoms with van der Waals surface area (Å²) in [6.07, 6.45) is 1.49. The average molecular weight is 315 g/mol. The third kappa shape index (κ3) is 3.69. The lowest BCUT2D eigenvalue weighted by atomic mass is 10.2. The molecule has 1 aliphatic rings. The van der Waals surface area contributed by atoms with Crippen molar-refractivity contribution in [1.82, 2.24) is 4.72 Å². The fourth-order valence-corrected chi connectivity index (χ4v) is 3.38. The first-order chi connectivity index (χ1) is 9.94. The van der Waals surface area contributed by atoms with Crippen LogP contribution in [0.3, 0.4) is 0 Å². The topological polar surface area (TPSA) is 111 Å². The Balaban J connectivity index is 2.26. The molecule has 0 saturated carbocycles. The van der Waals surface area contributed by atoms with Crippen molar-refractivity contribution in [3.63, 3.8) is 0 Å². The highest BCUT2D eigenvalue weighted by atomic mass is 32.2. The third-order valence-corrected chi connectivity index (χ3v) is 4.71. The van der Waals surface area contributed by atoms with Crippen LogP contribution in [0.4, 0.5) is 11.4 Å². The van der Waals surface area contributed by atoms with Gasteiger partial charge in [-0.1, -0.05) is 0 Å². The second-order valence-electron chi connectivity index (χ2n) is 4.68. The van der Waals surface area contributed by atoms with Crippen LogP contribution in [-0.4, -0.2) is 39.6 Å². The van der Waals surface area contributed by atoms with Gasteiger partial charge in [0.2, 0.25) is 10.0 Å². The molecular weight excluding hydrogens is 298 g/mol. The Morgan fingerprint density at radius 3 is 2.81 bits per heavy atom. The van der Waals surface area contributed by atoms with E-state index in [2.05, 4.69) is 10.0 Å². The number of sulfonamides is 1. The zero-order valence-corrected chi connectivity index (χ0v) is 12.4. The van der Waals surface area contributed by atoms with Crippen molar-refractivity contribution in [2.45, 2.75) is 23.8 Å². The minimum atomic E-state index is -3.97. The largest absolute Gasteiger partial charge is 0.388 e. The van der Waals surface area contributed by atoms with E-state index in [0.717, 1.165) is 12.8 Å². The third-order valence-electron chi connectivity index (χ3n) is 3.26. The highest BCUT2D eigenvalue weighted by Gasteiger charge is 2.27. The summed E-state index contributed by atoms with van der Waals surface area (Å²) in [4.78, 5) is 9.94. The predicted molar refractivity (Wildman–Crippen MR) is 76.8 cm³/mol. The molecule has 1 atom stereocenters. The van der Waals surface area contributed by atoms with Gasteiger partial charge in [-0.3, -0.25) is 10.1 Å². The Hall–Kier alpha value is -1.71. The monoisotopic (exact) mass is 315 g/mol. The first kappa shape index (κ1) is 15.7. The van der Waals surface area contributed by atoms with Crippen LogP contribution in [0.15, 0.2) is 23.1 Å². The van der Waals surface area contributed by atoms with Gasteiger partial charge in [0.15, 0.2) is 4.90 Å². The fourth-order valence-electron chi connectivity index (χ4n) is 2.12. The van der Waals surface area contributed by atoms with Crippen LogP contribution in [0.25, 0.3) is 0 Å². The van der Waals surface area contributed by atoms with Gasteiger partial charge in [-0.25, -0.2) is 13.1 Å². The molecule has 1 unspecified atom stereocenters. The Labute approximate surface area is 122 Å². The molecule has 9 heteroatoms. The maximum Gasteiger partial charge on any atom is 0.289 e. The van der Waals surface area contributed by atoms with Crippen molar-refractivity contribution >= 4 is 21.4 Å². The minimum Gasteiger partial charge on any atom is -0.388 e. The van der Waals surface area contributed by atoms with Crippen molar-refractivity contribution in [3.05, 3.63) is 28.3 Å². The molecule has 0 spiro atoms. The Morgan fingerprint density at radius 2 is 2.24 bits per heavy atom. The number of nitrogens with zero attached hydrogens (tertiary/aromatic N) is 1. The zero-order valence-electron chi connectivity index (χ0n) is 11.5. The molecule has 8 nitrogen and oxygen atoms in total. The molecule has 1 heterocycles. The van der Waals surface area contributed by atoms with Gasteiger partial charge in [0, 0.05) is 32.0 Å². The number of anilines is 1. The highest BCUT2D eigenvalue weighted by molar-refractivity contribution is 7.89. The van der Waals surface area contributed by atoms with Crippen molar-refractivity contribution in [2.75, 3.05) is 25.5 Å². The minimum absolute atomic E-state index is 0.114. The van der Waals surface area contributed by atoms with Crippen LogP contribution in [-0.2, 0) is 14.8 Å². The molecule has 2 N–H and O–H groups in total. The van der Waals surface area contributed by atoms with Crippen LogP contribution in [0, 0.1) is 10.1 Å². The Kier molecular flexibility index (Phi) is 4.76. The molecule has 2 rings (SSSR count). The summed E-state index contributed by atoms with van der Waals surface area (Å²) in [5.74, 6) is 0. The first-order valence-corrected chi connectivity index (χ1v) is 8.00. The molecule has 0 aliphatic carbocycles. The number of benzene rings is 1. The van der Waals surface area contributed by atoms with E-state index in [1.165, 1.54) is 18.2 Å². The van der Waals surface area contributed by atoms with Crippen LogP contribution in [0.5, 0.6) is 0 Å². The lowest BCUT2D eigenvalue weighted by molar-refractivity contribution is -0.387. The van der Waals surface area contributed by atoms with Gasteiger partial charge in [0.1, 0.15) is 0 Å². The molecule has 0 bridgehead atoms. The molecule has 1 aliphatic heterocycles. The van der Waals surface area contributed by atoms with Crippen LogP contribution in [0.2, 0.25) is 0 Å². The Morgan fingerprint density at radius 1 is 1.48 bits per heavy atom. The quantitative estimate of drug-likeness (QED) is 0.600. The molecule has 1 aromatic rings. The average Bonchev–Trinajstić information content (AvgIpc) is 2.98. The van der Waals surface area contributed by atoms with Crippen LogP contribution >= 0.6 is 0 Å². The summed E-state index contributed by atoms with van der Waals surface area (Å²) in [7, 11) is -2.36. The van der Waals surface area contributed by atoms with Gasteiger partial charge in [-0.05, 0) is 25.0 Å². The SMILES string of the molecule is CNc1ccc([N+](=O)[O-])c(S(=O)(=O)NCC2CCCO2)c1. The molecular formula is C12H17N3O5S. The highest BCUT2D eigenvalue weighted by Crippen LogP contribution is 2.27. The summed E-state index contributed by atoms with van der Waals surface area (Å²) >= 11 is 0. The molecule has 1 saturated heterocycles. The summed E-state index contributed by atoms with van der Waals surface area (Å²) < 4.78 is 32.3. The predicted octanol–water partition coefficient (Wildman–Crippen LogP) is 1.09. The van der Waals surface area contributed by atoms with Crippen molar-refractivity contribution < 1.29 is 18.1 Å². The normalized spacial score (nSPS) is 18.6. The number of nitrogens with one attached hydrogen (secondary N) is 2. The fraction of sp³-hybridized carbons (Fsp3) is 0.500. The second-order valence-corrected chi connectivity index (χ2v) is 6.41.